The van der Waals surface area contributed by atoms with Crippen LogP contribution < -0.4 is 35.3 Å². The molecule has 1 aromatic heterocycles. The summed E-state index contributed by atoms with van der Waals surface area (Å²) in [5.74, 6) is 3.64. The summed E-state index contributed by atoms with van der Waals surface area (Å²) in [7, 11) is 0.581. The number of fused-ring (bicyclic) bond motifs is 1. The number of benzene rings is 4. The van der Waals surface area contributed by atoms with E-state index < -0.39 is 0 Å². The molecule has 1 aliphatic rings. The maximum Gasteiger partial charge on any atom is 4.00 e. The molecule has 0 amide bonds. The summed E-state index contributed by atoms with van der Waals surface area (Å²) in [6.45, 7) is 4.23. The molecule has 5 aromatic rings. The number of allylic oxidation sites excluding steroid dienone is 2. The van der Waals surface area contributed by atoms with Crippen LogP contribution in [0.1, 0.15) is 13.8 Å². The van der Waals surface area contributed by atoms with Crippen molar-refractivity contribution in [2.45, 2.75) is 13.8 Å². The van der Waals surface area contributed by atoms with Crippen LogP contribution in [-0.2, 0) is 26.2 Å². The average molecular weight is 629 g/mol. The maximum absolute atomic E-state index is 3.64. The maximum atomic E-state index is 3.64. The van der Waals surface area contributed by atoms with Crippen LogP contribution in [0.5, 0.6) is 0 Å². The zero-order chi connectivity index (χ0) is 24.0. The summed E-state index contributed by atoms with van der Waals surface area (Å²) in [6, 6.07) is 40.3. The Morgan fingerprint density at radius 3 is 1.66 bits per heavy atom. The third-order valence-electron chi connectivity index (χ3n) is 6.07. The fourth-order valence-corrected chi connectivity index (χ4v) is 5.48. The van der Waals surface area contributed by atoms with E-state index in [0.29, 0.717) is 8.19 Å². The van der Waals surface area contributed by atoms with Gasteiger partial charge in [0.25, 0.3) is 0 Å². The largest absolute Gasteiger partial charge is 4.00 e. The summed E-state index contributed by atoms with van der Waals surface area (Å²) >= 11 is 0. The van der Waals surface area contributed by atoms with E-state index in [4.69, 9.17) is 0 Å². The first-order valence-corrected chi connectivity index (χ1v) is 12.9. The molecular weight excluding hydrogens is 601 g/mol. The van der Waals surface area contributed by atoms with Crippen molar-refractivity contribution >= 4 is 20.3 Å². The normalized spacial score (nSPS) is 10.8. The van der Waals surface area contributed by atoms with E-state index in [2.05, 4.69) is 141 Å². The van der Waals surface area contributed by atoms with E-state index in [9.17, 15) is 0 Å². The summed E-state index contributed by atoms with van der Waals surface area (Å²) in [5.41, 5.74) is 8.91. The summed E-state index contributed by atoms with van der Waals surface area (Å²) in [4.78, 5) is 0. The van der Waals surface area contributed by atoms with Crippen LogP contribution in [0.2, 0.25) is 0 Å². The Bertz CT molecular complexity index is 1490. The van der Waals surface area contributed by atoms with Crippen molar-refractivity contribution in [3.8, 4) is 33.1 Å². The van der Waals surface area contributed by atoms with Crippen LogP contribution >= 0.6 is 8.19 Å². The van der Waals surface area contributed by atoms with Crippen LogP contribution in [0.4, 0.5) is 0 Å². The van der Waals surface area contributed by atoms with Gasteiger partial charge < -0.3 is 24.8 Å². The molecule has 0 nitrogen and oxygen atoms in total. The van der Waals surface area contributed by atoms with E-state index in [1.54, 1.807) is 0 Å². The molecule has 0 saturated carbocycles. The zero-order valence-corrected chi connectivity index (χ0v) is 26.3. The van der Waals surface area contributed by atoms with Gasteiger partial charge >= 0.3 is 26.2 Å². The third-order valence-corrected chi connectivity index (χ3v) is 7.23. The van der Waals surface area contributed by atoms with E-state index in [1.165, 1.54) is 54.7 Å². The van der Waals surface area contributed by atoms with E-state index in [1.807, 2.05) is 6.07 Å². The van der Waals surface area contributed by atoms with Gasteiger partial charge in [0.15, 0.2) is 0 Å². The van der Waals surface area contributed by atoms with Crippen LogP contribution in [0.3, 0.4) is 0 Å². The molecular formula is C34H27Cl2PZr. The molecule has 4 aromatic carbocycles. The van der Waals surface area contributed by atoms with Crippen LogP contribution in [0.15, 0.2) is 126 Å². The van der Waals surface area contributed by atoms with Crippen LogP contribution in [0, 0.1) is 5.80 Å². The third kappa shape index (κ3) is 7.37. The van der Waals surface area contributed by atoms with Crippen LogP contribution in [0.25, 0.3) is 45.3 Å². The molecule has 0 N–H and O–H groups in total. The summed E-state index contributed by atoms with van der Waals surface area (Å²) in [5, 5.41) is 3.89. The Morgan fingerprint density at radius 2 is 1.11 bits per heavy atom. The molecule has 1 unspecified atom stereocenters. The Hall–Kier alpha value is -2.40. The Balaban J connectivity index is 0.000000290. The van der Waals surface area contributed by atoms with Gasteiger partial charge in [0.05, 0.1) is 0 Å². The molecule has 0 radical (unpaired) electrons. The molecule has 38 heavy (non-hydrogen) atoms. The standard InChI is InChI=1S/C22H16P.C12H11.2ClH.Zr/c1-4-10-17(11-5-1)20-16-23-22(19-14-8-3-9-15-19)21(20)18-12-6-2-7-13-18;1-9(2)12-7-10-5-3-4-6-11(10)8-12;;;/h1-15,23H;3-7H,1-2H3;2*1H;/q2*-1;;;+4/p-2. The Kier molecular flexibility index (Phi) is 12.8. The first-order chi connectivity index (χ1) is 17.2. The fourth-order valence-electron chi connectivity index (χ4n) is 4.25. The molecule has 0 bridgehead atoms. The van der Waals surface area contributed by atoms with Gasteiger partial charge in [-0.25, -0.2) is 8.19 Å². The number of hydrogen-bond donors (Lipinski definition) is 0. The minimum Gasteiger partial charge on any atom is -1.00 e. The van der Waals surface area contributed by atoms with Crippen molar-refractivity contribution in [3.63, 3.8) is 0 Å². The Morgan fingerprint density at radius 1 is 0.605 bits per heavy atom. The number of halogens is 2. The molecule has 0 aliphatic heterocycles. The van der Waals surface area contributed by atoms with Crippen molar-refractivity contribution < 1.29 is 51.0 Å². The Labute approximate surface area is 259 Å². The minimum atomic E-state index is 0. The van der Waals surface area contributed by atoms with Gasteiger partial charge in [-0.3, -0.25) is 0 Å². The van der Waals surface area contributed by atoms with Crippen molar-refractivity contribution in [3.05, 3.63) is 143 Å². The van der Waals surface area contributed by atoms with Gasteiger partial charge in [0.2, 0.25) is 0 Å². The van der Waals surface area contributed by atoms with Crippen molar-refractivity contribution in [1.82, 2.24) is 0 Å². The monoisotopic (exact) mass is 626 g/mol. The van der Waals surface area contributed by atoms with Gasteiger partial charge in [0.1, 0.15) is 0 Å². The summed E-state index contributed by atoms with van der Waals surface area (Å²) in [6.07, 6.45) is 5.54. The number of hydrogen-bond acceptors (Lipinski definition) is 0. The molecule has 1 aliphatic carbocycles. The van der Waals surface area contributed by atoms with E-state index in [0.717, 1.165) is 0 Å². The second-order valence-electron chi connectivity index (χ2n) is 8.74. The second-order valence-corrected chi connectivity index (χ2v) is 9.74. The van der Waals surface area contributed by atoms with Gasteiger partial charge in [0, 0.05) is 0 Å². The van der Waals surface area contributed by atoms with Gasteiger partial charge in [-0.1, -0.05) is 140 Å². The van der Waals surface area contributed by atoms with E-state index >= 15 is 0 Å². The molecule has 4 heteroatoms. The molecule has 186 valence electrons. The molecule has 1 atom stereocenters. The van der Waals surface area contributed by atoms with Crippen molar-refractivity contribution in [2.24, 2.45) is 0 Å². The first-order valence-electron chi connectivity index (χ1n) is 11.9. The predicted molar refractivity (Wildman–Crippen MR) is 153 cm³/mol. The predicted octanol–water partition coefficient (Wildman–Crippen LogP) is 2.00. The SMILES string of the molecule is CC(C)=C1[C-]=c2ccccc2=C1.[Cl-].[Cl-].[Zr+4].[c-]1[pH]c(-c2ccccc2)c(-c2ccccc2)c1-c1ccccc1. The molecule has 1 heterocycles. The number of rotatable bonds is 3. The van der Waals surface area contributed by atoms with Gasteiger partial charge in [-0.15, -0.1) is 62.0 Å². The summed E-state index contributed by atoms with van der Waals surface area (Å²) < 4.78 is 0. The smallest absolute Gasteiger partial charge is 1.00 e. The molecule has 0 fully saturated rings. The molecule has 0 saturated heterocycles. The topological polar surface area (TPSA) is 0 Å². The van der Waals surface area contributed by atoms with Crippen molar-refractivity contribution in [2.75, 3.05) is 0 Å². The van der Waals surface area contributed by atoms with Gasteiger partial charge in [-0.05, 0) is 0 Å². The van der Waals surface area contributed by atoms with Crippen molar-refractivity contribution in [1.29, 1.82) is 0 Å². The average Bonchev–Trinajstić information content (AvgIpc) is 3.56. The van der Waals surface area contributed by atoms with Gasteiger partial charge in [-0.2, -0.15) is 0 Å². The van der Waals surface area contributed by atoms with E-state index in [-0.39, 0.29) is 51.0 Å². The fraction of sp³-hybridized carbons (Fsp3) is 0.0588. The minimum absolute atomic E-state index is 0. The molecule has 0 spiro atoms. The quantitative estimate of drug-likeness (QED) is 0.269. The first kappa shape index (κ1) is 31.8. The van der Waals surface area contributed by atoms with Crippen LogP contribution in [-0.4, -0.2) is 0 Å². The second kappa shape index (κ2) is 15.3. The molecule has 6 rings (SSSR count). The zero-order valence-electron chi connectivity index (χ0n) is 21.3.